The van der Waals surface area contributed by atoms with Crippen molar-refractivity contribution in [3.05, 3.63) is 35.2 Å². The second-order valence-corrected chi connectivity index (χ2v) is 7.18. The summed E-state index contributed by atoms with van der Waals surface area (Å²) in [6.07, 6.45) is 1.73. The van der Waals surface area contributed by atoms with Crippen molar-refractivity contribution in [3.63, 3.8) is 0 Å². The van der Waals surface area contributed by atoms with E-state index in [1.54, 1.807) is 11.3 Å². The average Bonchev–Trinajstić information content (AvgIpc) is 3.20. The van der Waals surface area contributed by atoms with E-state index in [9.17, 15) is 9.59 Å². The molecule has 3 heterocycles. The number of carbonyl (C=O) groups is 2. The predicted octanol–water partition coefficient (Wildman–Crippen LogP) is 2.53. The number of fused-ring (bicyclic) bond motifs is 1. The number of carbonyl (C=O) groups excluding carboxylic acids is 2. The summed E-state index contributed by atoms with van der Waals surface area (Å²) in [5.74, 6) is 0.121. The Morgan fingerprint density at radius 1 is 1.17 bits per heavy atom. The van der Waals surface area contributed by atoms with Gasteiger partial charge in [0.15, 0.2) is 0 Å². The van der Waals surface area contributed by atoms with Gasteiger partial charge in [-0.1, -0.05) is 18.2 Å². The van der Waals surface area contributed by atoms with Gasteiger partial charge in [-0.2, -0.15) is 0 Å². The number of nitrogens with zero attached hydrogens (tertiary/aromatic N) is 2. The van der Waals surface area contributed by atoms with Crippen molar-refractivity contribution < 1.29 is 9.59 Å². The molecule has 2 aliphatic rings. The number of nitrogens with one attached hydrogen (secondary N) is 1. The number of hydrogen-bond donors (Lipinski definition) is 1. The molecule has 3 amide bonds. The Kier molecular flexibility index (Phi) is 3.69. The first kappa shape index (κ1) is 14.5. The summed E-state index contributed by atoms with van der Waals surface area (Å²) >= 11 is 1.56. The molecule has 0 unspecified atom stereocenters. The molecule has 2 aromatic rings. The van der Waals surface area contributed by atoms with Crippen LogP contribution in [-0.2, 0) is 0 Å². The van der Waals surface area contributed by atoms with Gasteiger partial charge >= 0.3 is 6.03 Å². The maximum Gasteiger partial charge on any atom is 0.317 e. The van der Waals surface area contributed by atoms with E-state index in [0.717, 1.165) is 54.0 Å². The van der Waals surface area contributed by atoms with Gasteiger partial charge in [0.25, 0.3) is 5.91 Å². The van der Waals surface area contributed by atoms with Crippen molar-refractivity contribution in [2.45, 2.75) is 18.9 Å². The summed E-state index contributed by atoms with van der Waals surface area (Å²) in [6.45, 7) is 2.97. The minimum absolute atomic E-state index is 0.0410. The SMILES string of the molecule is O=C(c1cc2ccccc2s1)N1CCC(N2CCNC2=O)CC1. The molecule has 2 aliphatic heterocycles. The van der Waals surface area contributed by atoms with Gasteiger partial charge in [0, 0.05) is 36.9 Å². The fraction of sp³-hybridized carbons (Fsp3) is 0.412. The van der Waals surface area contributed by atoms with E-state index in [-0.39, 0.29) is 18.0 Å². The second kappa shape index (κ2) is 5.85. The maximum absolute atomic E-state index is 12.7. The Balaban J connectivity index is 1.43. The molecular formula is C17H19N3O2S. The van der Waals surface area contributed by atoms with E-state index in [1.807, 2.05) is 34.1 Å². The van der Waals surface area contributed by atoms with Gasteiger partial charge in [-0.3, -0.25) is 4.79 Å². The van der Waals surface area contributed by atoms with Crippen molar-refractivity contribution >= 4 is 33.4 Å². The number of benzene rings is 1. The minimum Gasteiger partial charge on any atom is -0.338 e. The van der Waals surface area contributed by atoms with Crippen molar-refractivity contribution in [1.29, 1.82) is 0 Å². The molecule has 1 aromatic heterocycles. The Hall–Kier alpha value is -2.08. The lowest BCUT2D eigenvalue weighted by atomic mass is 10.0. The van der Waals surface area contributed by atoms with E-state index in [2.05, 4.69) is 11.4 Å². The largest absolute Gasteiger partial charge is 0.338 e. The van der Waals surface area contributed by atoms with Crippen LogP contribution in [0, 0.1) is 0 Å². The van der Waals surface area contributed by atoms with Crippen LogP contribution in [0.25, 0.3) is 10.1 Å². The highest BCUT2D eigenvalue weighted by Crippen LogP contribution is 2.27. The molecule has 0 spiro atoms. The smallest absolute Gasteiger partial charge is 0.317 e. The number of likely N-dealkylation sites (tertiary alicyclic amines) is 1. The number of piperidine rings is 1. The Morgan fingerprint density at radius 2 is 1.96 bits per heavy atom. The Morgan fingerprint density at radius 3 is 2.65 bits per heavy atom. The topological polar surface area (TPSA) is 52.7 Å². The van der Waals surface area contributed by atoms with Crippen LogP contribution in [0.4, 0.5) is 4.79 Å². The zero-order valence-electron chi connectivity index (χ0n) is 12.8. The summed E-state index contributed by atoms with van der Waals surface area (Å²) in [7, 11) is 0. The first-order valence-corrected chi connectivity index (χ1v) is 8.86. The highest BCUT2D eigenvalue weighted by Gasteiger charge is 2.32. The first-order valence-electron chi connectivity index (χ1n) is 8.05. The van der Waals surface area contributed by atoms with Gasteiger partial charge < -0.3 is 15.1 Å². The fourth-order valence-electron chi connectivity index (χ4n) is 3.46. The molecule has 0 atom stereocenters. The van der Waals surface area contributed by atoms with Crippen molar-refractivity contribution in [1.82, 2.24) is 15.1 Å². The van der Waals surface area contributed by atoms with Crippen LogP contribution in [-0.4, -0.2) is 54.0 Å². The number of urea groups is 1. The summed E-state index contributed by atoms with van der Waals surface area (Å²) in [4.78, 5) is 29.1. The molecular weight excluding hydrogens is 310 g/mol. The fourth-order valence-corrected chi connectivity index (χ4v) is 4.49. The molecule has 1 N–H and O–H groups in total. The Labute approximate surface area is 138 Å². The van der Waals surface area contributed by atoms with Crippen molar-refractivity contribution in [2.75, 3.05) is 26.2 Å². The lowest BCUT2D eigenvalue weighted by Gasteiger charge is -2.35. The maximum atomic E-state index is 12.7. The molecule has 0 saturated carbocycles. The van der Waals surface area contributed by atoms with Gasteiger partial charge in [0.1, 0.15) is 0 Å². The van der Waals surface area contributed by atoms with Gasteiger partial charge in [0.2, 0.25) is 0 Å². The Bertz CT molecular complexity index is 716. The monoisotopic (exact) mass is 329 g/mol. The van der Waals surface area contributed by atoms with Gasteiger partial charge in [-0.05, 0) is 30.4 Å². The van der Waals surface area contributed by atoms with Crippen molar-refractivity contribution in [2.24, 2.45) is 0 Å². The molecule has 2 fully saturated rings. The minimum atomic E-state index is 0.0410. The van der Waals surface area contributed by atoms with Crippen LogP contribution in [0.3, 0.4) is 0 Å². The molecule has 0 radical (unpaired) electrons. The molecule has 0 aliphatic carbocycles. The lowest BCUT2D eigenvalue weighted by Crippen LogP contribution is -2.47. The molecule has 120 valence electrons. The first-order chi connectivity index (χ1) is 11.2. The second-order valence-electron chi connectivity index (χ2n) is 6.10. The summed E-state index contributed by atoms with van der Waals surface area (Å²) in [5, 5.41) is 3.98. The summed E-state index contributed by atoms with van der Waals surface area (Å²) in [5.41, 5.74) is 0. The van der Waals surface area contributed by atoms with E-state index < -0.39 is 0 Å². The van der Waals surface area contributed by atoms with E-state index in [0.29, 0.717) is 0 Å². The molecule has 6 heteroatoms. The van der Waals surface area contributed by atoms with Crippen LogP contribution >= 0.6 is 11.3 Å². The van der Waals surface area contributed by atoms with E-state index in [1.165, 1.54) is 0 Å². The quantitative estimate of drug-likeness (QED) is 0.920. The molecule has 1 aromatic carbocycles. The third kappa shape index (κ3) is 2.67. The number of amides is 3. The van der Waals surface area contributed by atoms with E-state index >= 15 is 0 Å². The third-order valence-electron chi connectivity index (χ3n) is 4.72. The van der Waals surface area contributed by atoms with Crippen LogP contribution in [0.5, 0.6) is 0 Å². The van der Waals surface area contributed by atoms with Gasteiger partial charge in [0.05, 0.1) is 4.88 Å². The molecule has 5 nitrogen and oxygen atoms in total. The number of thiophene rings is 1. The third-order valence-corrected chi connectivity index (χ3v) is 5.82. The lowest BCUT2D eigenvalue weighted by molar-refractivity contribution is 0.0671. The van der Waals surface area contributed by atoms with Crippen LogP contribution in [0.15, 0.2) is 30.3 Å². The normalized spacial score (nSPS) is 19.4. The molecule has 23 heavy (non-hydrogen) atoms. The van der Waals surface area contributed by atoms with Crippen LogP contribution in [0.2, 0.25) is 0 Å². The zero-order chi connectivity index (χ0) is 15.8. The zero-order valence-corrected chi connectivity index (χ0v) is 13.6. The number of rotatable bonds is 2. The van der Waals surface area contributed by atoms with Crippen molar-refractivity contribution in [3.8, 4) is 0 Å². The van der Waals surface area contributed by atoms with Gasteiger partial charge in [-0.15, -0.1) is 11.3 Å². The summed E-state index contributed by atoms with van der Waals surface area (Å²) in [6, 6.07) is 10.4. The van der Waals surface area contributed by atoms with Gasteiger partial charge in [-0.25, -0.2) is 4.79 Å². The molecule has 4 rings (SSSR count). The van der Waals surface area contributed by atoms with Crippen LogP contribution < -0.4 is 5.32 Å². The highest BCUT2D eigenvalue weighted by molar-refractivity contribution is 7.20. The predicted molar refractivity (Wildman–Crippen MR) is 90.9 cm³/mol. The molecule has 2 saturated heterocycles. The highest BCUT2D eigenvalue weighted by atomic mass is 32.1. The molecule has 0 bridgehead atoms. The van der Waals surface area contributed by atoms with E-state index in [4.69, 9.17) is 0 Å². The summed E-state index contributed by atoms with van der Waals surface area (Å²) < 4.78 is 1.15. The van der Waals surface area contributed by atoms with Crippen LogP contribution in [0.1, 0.15) is 22.5 Å². The standard InChI is InChI=1S/C17H19N3O2S/c21-16(15-11-12-3-1-2-4-14(12)23-15)19-8-5-13(6-9-19)20-10-7-18-17(20)22/h1-4,11,13H,5-10H2,(H,18,22). The average molecular weight is 329 g/mol. The number of hydrogen-bond acceptors (Lipinski definition) is 3.